The lowest BCUT2D eigenvalue weighted by Gasteiger charge is -2.27. The number of carbonyl (C=O) groups excluding carboxylic acids is 1. The van der Waals surface area contributed by atoms with E-state index in [-0.39, 0.29) is 24.7 Å². The second-order valence-corrected chi connectivity index (χ2v) is 6.41. The molecule has 0 aliphatic carbocycles. The maximum Gasteiger partial charge on any atom is 0.223 e. The maximum absolute atomic E-state index is 12.6. The summed E-state index contributed by atoms with van der Waals surface area (Å²) in [6.45, 7) is 0.778. The van der Waals surface area contributed by atoms with E-state index in [2.05, 4.69) is 11.4 Å². The van der Waals surface area contributed by atoms with E-state index >= 15 is 0 Å². The Kier molecular flexibility index (Phi) is 6.20. The van der Waals surface area contributed by atoms with Gasteiger partial charge in [0.25, 0.3) is 0 Å². The Morgan fingerprint density at radius 3 is 2.72 bits per heavy atom. The highest BCUT2D eigenvalue weighted by molar-refractivity contribution is 5.77. The summed E-state index contributed by atoms with van der Waals surface area (Å²) in [5, 5.41) is 12.2. The van der Waals surface area contributed by atoms with Crippen molar-refractivity contribution >= 4 is 5.91 Å². The highest BCUT2D eigenvalue weighted by Crippen LogP contribution is 2.30. The number of rotatable bonds is 7. The van der Waals surface area contributed by atoms with Crippen LogP contribution in [0.5, 0.6) is 0 Å². The third-order valence-corrected chi connectivity index (χ3v) is 4.65. The van der Waals surface area contributed by atoms with Crippen molar-refractivity contribution in [3.63, 3.8) is 0 Å². The van der Waals surface area contributed by atoms with Gasteiger partial charge in [-0.1, -0.05) is 54.6 Å². The molecule has 0 radical (unpaired) electrons. The third-order valence-electron chi connectivity index (χ3n) is 4.65. The van der Waals surface area contributed by atoms with Crippen molar-refractivity contribution in [1.82, 2.24) is 5.32 Å². The molecule has 3 rings (SSSR count). The van der Waals surface area contributed by atoms with E-state index in [0.717, 1.165) is 17.5 Å². The van der Waals surface area contributed by atoms with Crippen molar-refractivity contribution in [2.24, 2.45) is 0 Å². The van der Waals surface area contributed by atoms with Crippen LogP contribution in [0.3, 0.4) is 0 Å². The minimum absolute atomic E-state index is 0.0199. The van der Waals surface area contributed by atoms with Gasteiger partial charge in [0.2, 0.25) is 5.91 Å². The lowest BCUT2D eigenvalue weighted by atomic mass is 9.95. The Balaban J connectivity index is 1.66. The van der Waals surface area contributed by atoms with Crippen molar-refractivity contribution < 1.29 is 14.6 Å². The summed E-state index contributed by atoms with van der Waals surface area (Å²) < 4.78 is 5.84. The molecule has 0 saturated heterocycles. The topological polar surface area (TPSA) is 58.6 Å². The largest absolute Gasteiger partial charge is 0.396 e. The summed E-state index contributed by atoms with van der Waals surface area (Å²) in [7, 11) is 0. The van der Waals surface area contributed by atoms with Gasteiger partial charge >= 0.3 is 0 Å². The van der Waals surface area contributed by atoms with Crippen molar-refractivity contribution in [1.29, 1.82) is 0 Å². The Hall–Kier alpha value is -2.17. The SMILES string of the molecule is O=C(CC1OCCc2ccccc21)NC(CCCO)c1ccccc1. The molecule has 25 heavy (non-hydrogen) atoms. The van der Waals surface area contributed by atoms with Crippen LogP contribution in [-0.2, 0) is 16.0 Å². The molecule has 2 aromatic rings. The van der Waals surface area contributed by atoms with Gasteiger partial charge in [0.05, 0.1) is 25.2 Å². The Labute approximate surface area is 148 Å². The molecule has 2 N–H and O–H groups in total. The molecule has 0 saturated carbocycles. The normalized spacial score (nSPS) is 17.6. The van der Waals surface area contributed by atoms with Crippen molar-refractivity contribution in [3.8, 4) is 0 Å². The number of benzene rings is 2. The van der Waals surface area contributed by atoms with E-state index in [4.69, 9.17) is 9.84 Å². The maximum atomic E-state index is 12.6. The van der Waals surface area contributed by atoms with Gasteiger partial charge in [-0.15, -0.1) is 0 Å². The number of aliphatic hydroxyl groups is 1. The summed E-state index contributed by atoms with van der Waals surface area (Å²) in [5.74, 6) is -0.0199. The first kappa shape index (κ1) is 17.6. The molecule has 132 valence electrons. The number of hydrogen-bond acceptors (Lipinski definition) is 3. The molecule has 2 atom stereocenters. The van der Waals surface area contributed by atoms with Gasteiger partial charge in [-0.3, -0.25) is 4.79 Å². The number of aliphatic hydroxyl groups excluding tert-OH is 1. The van der Waals surface area contributed by atoms with Gasteiger partial charge in [-0.2, -0.15) is 0 Å². The van der Waals surface area contributed by atoms with E-state index in [0.29, 0.717) is 25.9 Å². The number of nitrogens with one attached hydrogen (secondary N) is 1. The fourth-order valence-corrected chi connectivity index (χ4v) is 3.37. The monoisotopic (exact) mass is 339 g/mol. The first-order valence-electron chi connectivity index (χ1n) is 8.92. The molecular weight excluding hydrogens is 314 g/mol. The van der Waals surface area contributed by atoms with Crippen molar-refractivity contribution in [3.05, 3.63) is 71.3 Å². The van der Waals surface area contributed by atoms with Crippen LogP contribution in [0.15, 0.2) is 54.6 Å². The molecule has 2 aromatic carbocycles. The molecule has 0 bridgehead atoms. The molecule has 1 heterocycles. The highest BCUT2D eigenvalue weighted by atomic mass is 16.5. The van der Waals surface area contributed by atoms with Crippen LogP contribution >= 0.6 is 0 Å². The van der Waals surface area contributed by atoms with E-state index < -0.39 is 0 Å². The molecule has 1 amide bonds. The van der Waals surface area contributed by atoms with Gasteiger partial charge in [-0.05, 0) is 36.0 Å². The van der Waals surface area contributed by atoms with E-state index in [1.807, 2.05) is 48.5 Å². The van der Waals surface area contributed by atoms with Crippen LogP contribution in [-0.4, -0.2) is 24.2 Å². The van der Waals surface area contributed by atoms with Gasteiger partial charge in [-0.25, -0.2) is 0 Å². The second kappa shape index (κ2) is 8.79. The Morgan fingerprint density at radius 2 is 1.92 bits per heavy atom. The minimum Gasteiger partial charge on any atom is -0.396 e. The van der Waals surface area contributed by atoms with Crippen LogP contribution in [0.25, 0.3) is 0 Å². The zero-order chi connectivity index (χ0) is 17.5. The zero-order valence-electron chi connectivity index (χ0n) is 14.4. The molecule has 0 aromatic heterocycles. The fraction of sp³-hybridized carbons (Fsp3) is 0.381. The Bertz CT molecular complexity index is 687. The summed E-state index contributed by atoms with van der Waals surface area (Å²) in [6.07, 6.45) is 2.41. The lowest BCUT2D eigenvalue weighted by molar-refractivity contribution is -0.125. The fourth-order valence-electron chi connectivity index (χ4n) is 3.37. The number of fused-ring (bicyclic) bond motifs is 1. The van der Waals surface area contributed by atoms with E-state index in [1.54, 1.807) is 0 Å². The van der Waals surface area contributed by atoms with Gasteiger partial charge in [0, 0.05) is 6.61 Å². The molecule has 0 spiro atoms. The van der Waals surface area contributed by atoms with Crippen LogP contribution < -0.4 is 5.32 Å². The van der Waals surface area contributed by atoms with Crippen LogP contribution in [0.2, 0.25) is 0 Å². The molecular formula is C21H25NO3. The number of ether oxygens (including phenoxy) is 1. The molecule has 1 aliphatic rings. The van der Waals surface area contributed by atoms with E-state index in [9.17, 15) is 4.79 Å². The van der Waals surface area contributed by atoms with Crippen molar-refractivity contribution in [2.75, 3.05) is 13.2 Å². The predicted octanol–water partition coefficient (Wildman–Crippen LogP) is 3.32. The minimum atomic E-state index is -0.181. The summed E-state index contributed by atoms with van der Waals surface area (Å²) in [6, 6.07) is 18.0. The first-order valence-corrected chi connectivity index (χ1v) is 8.92. The van der Waals surface area contributed by atoms with Gasteiger partial charge < -0.3 is 15.2 Å². The Morgan fingerprint density at radius 1 is 1.16 bits per heavy atom. The molecule has 4 nitrogen and oxygen atoms in total. The van der Waals surface area contributed by atoms with Crippen LogP contribution in [0.4, 0.5) is 0 Å². The zero-order valence-corrected chi connectivity index (χ0v) is 14.4. The highest BCUT2D eigenvalue weighted by Gasteiger charge is 2.24. The van der Waals surface area contributed by atoms with Crippen LogP contribution in [0.1, 0.15) is 48.1 Å². The second-order valence-electron chi connectivity index (χ2n) is 6.41. The lowest BCUT2D eigenvalue weighted by Crippen LogP contribution is -2.31. The third kappa shape index (κ3) is 4.68. The molecule has 2 unspecified atom stereocenters. The van der Waals surface area contributed by atoms with Gasteiger partial charge in [0.1, 0.15) is 0 Å². The first-order chi connectivity index (χ1) is 12.3. The predicted molar refractivity (Wildman–Crippen MR) is 97.1 cm³/mol. The number of amides is 1. The summed E-state index contributed by atoms with van der Waals surface area (Å²) in [4.78, 5) is 12.6. The summed E-state index contributed by atoms with van der Waals surface area (Å²) >= 11 is 0. The number of carbonyl (C=O) groups is 1. The van der Waals surface area contributed by atoms with E-state index in [1.165, 1.54) is 5.56 Å². The quantitative estimate of drug-likeness (QED) is 0.813. The molecule has 4 heteroatoms. The molecule has 0 fully saturated rings. The molecule has 1 aliphatic heterocycles. The van der Waals surface area contributed by atoms with Crippen LogP contribution in [0, 0.1) is 0 Å². The average Bonchev–Trinajstić information content (AvgIpc) is 2.66. The number of hydrogen-bond donors (Lipinski definition) is 2. The van der Waals surface area contributed by atoms with Crippen molar-refractivity contribution in [2.45, 2.75) is 37.8 Å². The smallest absolute Gasteiger partial charge is 0.223 e. The summed E-state index contributed by atoms with van der Waals surface area (Å²) in [5.41, 5.74) is 3.45. The van der Waals surface area contributed by atoms with Gasteiger partial charge in [0.15, 0.2) is 0 Å². The standard InChI is InChI=1S/C21H25NO3/c23-13-6-11-19(17-8-2-1-3-9-17)22-21(24)15-20-18-10-5-4-7-16(18)12-14-25-20/h1-5,7-10,19-20,23H,6,11-15H2,(H,22,24). The average molecular weight is 339 g/mol.